The number of hydrogen-bond donors (Lipinski definition) is 0. The summed E-state index contributed by atoms with van der Waals surface area (Å²) in [5, 5.41) is 0.732. The van der Waals surface area contributed by atoms with Crippen LogP contribution in [0.1, 0.15) is 18.6 Å². The Balaban J connectivity index is 1.87. The third-order valence-corrected chi connectivity index (χ3v) is 4.05. The molecule has 2 aliphatic heterocycles. The van der Waals surface area contributed by atoms with Gasteiger partial charge in [0.05, 0.1) is 7.11 Å². The first-order valence-electron chi connectivity index (χ1n) is 6.53. The zero-order chi connectivity index (χ0) is 14.8. The van der Waals surface area contributed by atoms with Crippen LogP contribution in [0.2, 0.25) is 0 Å². The van der Waals surface area contributed by atoms with Crippen molar-refractivity contribution in [2.75, 3.05) is 7.11 Å². The molecule has 0 saturated carbocycles. The Kier molecular flexibility index (Phi) is 2.28. The van der Waals surface area contributed by atoms with Crippen LogP contribution in [0.3, 0.4) is 0 Å². The molecule has 2 saturated heterocycles. The third-order valence-electron chi connectivity index (χ3n) is 4.05. The van der Waals surface area contributed by atoms with Gasteiger partial charge in [0.2, 0.25) is 0 Å². The van der Waals surface area contributed by atoms with Crippen molar-refractivity contribution in [2.24, 2.45) is 0 Å². The summed E-state index contributed by atoms with van der Waals surface area (Å²) >= 11 is 0. The molecular weight excluding hydrogens is 276 g/mol. The number of carbonyl (C=O) groups is 1. The van der Waals surface area contributed by atoms with Crippen LogP contribution in [0.5, 0.6) is 5.75 Å². The Morgan fingerprint density at radius 3 is 2.67 bits per heavy atom. The van der Waals surface area contributed by atoms with Gasteiger partial charge in [-0.3, -0.25) is 0 Å². The maximum Gasteiger partial charge on any atom is 0.341 e. The molecule has 2 aromatic rings. The third kappa shape index (κ3) is 1.62. The largest absolute Gasteiger partial charge is 0.496 e. The smallest absolute Gasteiger partial charge is 0.341 e. The summed E-state index contributed by atoms with van der Waals surface area (Å²) in [5.41, 5.74) is -0.138. The van der Waals surface area contributed by atoms with Gasteiger partial charge in [0.25, 0.3) is 0 Å². The van der Waals surface area contributed by atoms with Crippen LogP contribution in [0.25, 0.3) is 11.0 Å². The minimum absolute atomic E-state index is 0.299. The van der Waals surface area contributed by atoms with Gasteiger partial charge < -0.3 is 18.6 Å². The molecule has 0 aliphatic carbocycles. The van der Waals surface area contributed by atoms with Crippen molar-refractivity contribution in [3.05, 3.63) is 40.2 Å². The topological polar surface area (TPSA) is 78.3 Å². The number of esters is 1. The number of fused-ring (bicyclic) bond motifs is 2. The van der Waals surface area contributed by atoms with Crippen LogP contribution in [0.15, 0.2) is 33.5 Å². The predicted molar refractivity (Wildman–Crippen MR) is 71.1 cm³/mol. The number of rotatable bonds is 2. The fourth-order valence-corrected chi connectivity index (χ4v) is 2.78. The SMILES string of the molecule is COc1cc2oc(=O)ccc2cc1[C@@H]1OC(=O)[C@@]2(C)O[C@H]12. The van der Waals surface area contributed by atoms with Crippen molar-refractivity contribution in [2.45, 2.75) is 24.7 Å². The van der Waals surface area contributed by atoms with E-state index in [1.807, 2.05) is 0 Å². The van der Waals surface area contributed by atoms with E-state index in [4.69, 9.17) is 18.6 Å². The van der Waals surface area contributed by atoms with Crippen LogP contribution in [0, 0.1) is 0 Å². The second kappa shape index (κ2) is 3.85. The molecule has 3 atom stereocenters. The van der Waals surface area contributed by atoms with Crippen molar-refractivity contribution < 1.29 is 23.4 Å². The average Bonchev–Trinajstić information content (AvgIpc) is 3.09. The fraction of sp³-hybridized carbons (Fsp3) is 0.333. The zero-order valence-electron chi connectivity index (χ0n) is 11.4. The highest BCUT2D eigenvalue weighted by Crippen LogP contribution is 2.54. The van der Waals surface area contributed by atoms with Gasteiger partial charge in [-0.2, -0.15) is 0 Å². The highest BCUT2D eigenvalue weighted by Gasteiger charge is 2.70. The number of ether oxygens (including phenoxy) is 3. The van der Waals surface area contributed by atoms with E-state index < -0.39 is 17.3 Å². The van der Waals surface area contributed by atoms with E-state index in [2.05, 4.69) is 0 Å². The van der Waals surface area contributed by atoms with Gasteiger partial charge in [0.15, 0.2) is 11.7 Å². The standard InChI is InChI=1S/C15H12O6/c1-15-13(21-15)12(20-14(15)17)8-5-7-3-4-11(16)19-9(7)6-10(8)18-2/h3-6,12-13H,1-2H3/t12-,13+,15-/m0/s1. The first-order valence-corrected chi connectivity index (χ1v) is 6.53. The number of hydrogen-bond acceptors (Lipinski definition) is 6. The van der Waals surface area contributed by atoms with E-state index in [1.54, 1.807) is 25.1 Å². The molecule has 1 aromatic heterocycles. The summed E-state index contributed by atoms with van der Waals surface area (Å²) in [4.78, 5) is 23.1. The summed E-state index contributed by atoms with van der Waals surface area (Å²) in [7, 11) is 1.51. The monoisotopic (exact) mass is 288 g/mol. The van der Waals surface area contributed by atoms with Crippen LogP contribution >= 0.6 is 0 Å². The molecule has 2 aliphatic rings. The average molecular weight is 288 g/mol. The Morgan fingerprint density at radius 1 is 1.24 bits per heavy atom. The first kappa shape index (κ1) is 12.4. The Hall–Kier alpha value is -2.34. The predicted octanol–water partition coefficient (Wildman–Crippen LogP) is 1.56. The summed E-state index contributed by atoms with van der Waals surface area (Å²) in [6.45, 7) is 1.71. The molecule has 6 heteroatoms. The van der Waals surface area contributed by atoms with Gasteiger partial charge in [-0.15, -0.1) is 0 Å². The van der Waals surface area contributed by atoms with Crippen molar-refractivity contribution in [1.82, 2.24) is 0 Å². The maximum absolute atomic E-state index is 11.8. The van der Waals surface area contributed by atoms with Crippen molar-refractivity contribution in [3.63, 3.8) is 0 Å². The minimum atomic E-state index is -0.839. The normalized spacial score (nSPS) is 30.1. The highest BCUT2D eigenvalue weighted by molar-refractivity contribution is 5.87. The van der Waals surface area contributed by atoms with Crippen LogP contribution in [-0.4, -0.2) is 24.8 Å². The van der Waals surface area contributed by atoms with Gasteiger partial charge in [-0.1, -0.05) is 0 Å². The van der Waals surface area contributed by atoms with E-state index in [0.29, 0.717) is 16.9 Å². The number of epoxide rings is 1. The summed E-state index contributed by atoms with van der Waals surface area (Å²) in [5.74, 6) is 0.133. The molecule has 0 amide bonds. The molecule has 3 heterocycles. The van der Waals surface area contributed by atoms with E-state index in [-0.39, 0.29) is 12.1 Å². The first-order chi connectivity index (χ1) is 10.0. The van der Waals surface area contributed by atoms with E-state index in [9.17, 15) is 9.59 Å². The zero-order valence-corrected chi connectivity index (χ0v) is 11.4. The molecule has 0 bridgehead atoms. The van der Waals surface area contributed by atoms with E-state index in [0.717, 1.165) is 5.39 Å². The Labute approximate surface area is 119 Å². The quantitative estimate of drug-likeness (QED) is 0.474. The molecular formula is C15H12O6. The molecule has 6 nitrogen and oxygen atoms in total. The second-order valence-corrected chi connectivity index (χ2v) is 5.36. The van der Waals surface area contributed by atoms with Crippen molar-refractivity contribution in [3.8, 4) is 5.75 Å². The number of methoxy groups -OCH3 is 1. The molecule has 0 N–H and O–H groups in total. The highest BCUT2D eigenvalue weighted by atomic mass is 16.7. The molecule has 0 unspecified atom stereocenters. The number of benzene rings is 1. The number of cyclic esters (lactones) is 1. The fourth-order valence-electron chi connectivity index (χ4n) is 2.78. The lowest BCUT2D eigenvalue weighted by atomic mass is 9.99. The van der Waals surface area contributed by atoms with Gasteiger partial charge in [-0.25, -0.2) is 9.59 Å². The molecule has 21 heavy (non-hydrogen) atoms. The second-order valence-electron chi connectivity index (χ2n) is 5.36. The lowest BCUT2D eigenvalue weighted by Gasteiger charge is -2.16. The summed E-state index contributed by atoms with van der Waals surface area (Å²) < 4.78 is 21.3. The van der Waals surface area contributed by atoms with Crippen molar-refractivity contribution in [1.29, 1.82) is 0 Å². The maximum atomic E-state index is 11.8. The van der Waals surface area contributed by atoms with Crippen LogP contribution < -0.4 is 10.4 Å². The summed E-state index contributed by atoms with van der Waals surface area (Å²) in [6.07, 6.45) is -0.805. The van der Waals surface area contributed by atoms with Gasteiger partial charge in [0, 0.05) is 23.1 Å². The lowest BCUT2D eigenvalue weighted by molar-refractivity contribution is -0.153. The van der Waals surface area contributed by atoms with Crippen LogP contribution in [0.4, 0.5) is 0 Å². The van der Waals surface area contributed by atoms with Gasteiger partial charge in [0.1, 0.15) is 17.4 Å². The molecule has 1 aromatic carbocycles. The number of carbonyl (C=O) groups excluding carboxylic acids is 1. The van der Waals surface area contributed by atoms with Crippen molar-refractivity contribution >= 4 is 16.9 Å². The lowest BCUT2D eigenvalue weighted by Crippen LogP contribution is -2.17. The Bertz CT molecular complexity index is 823. The molecule has 4 rings (SSSR count). The molecule has 0 radical (unpaired) electrons. The van der Waals surface area contributed by atoms with E-state index >= 15 is 0 Å². The molecule has 2 fully saturated rings. The summed E-state index contributed by atoms with van der Waals surface area (Å²) in [6, 6.07) is 6.42. The minimum Gasteiger partial charge on any atom is -0.496 e. The molecule has 0 spiro atoms. The van der Waals surface area contributed by atoms with Gasteiger partial charge >= 0.3 is 11.6 Å². The van der Waals surface area contributed by atoms with E-state index in [1.165, 1.54) is 13.2 Å². The Morgan fingerprint density at radius 2 is 2.05 bits per heavy atom. The van der Waals surface area contributed by atoms with Gasteiger partial charge in [-0.05, 0) is 19.1 Å². The van der Waals surface area contributed by atoms with Crippen LogP contribution in [-0.2, 0) is 14.3 Å². The molecule has 108 valence electrons.